The van der Waals surface area contributed by atoms with Crippen LogP contribution >= 0.6 is 0 Å². The first-order valence-corrected chi connectivity index (χ1v) is 5.55. The molecule has 3 aromatic rings. The number of fused-ring (bicyclic) bond motifs is 1. The van der Waals surface area contributed by atoms with Gasteiger partial charge in [-0.3, -0.25) is 4.98 Å². The number of aryl methyl sites for hydroxylation is 1. The third-order valence-corrected chi connectivity index (χ3v) is 2.72. The average Bonchev–Trinajstić information content (AvgIpc) is 2.39. The summed E-state index contributed by atoms with van der Waals surface area (Å²) in [6, 6.07) is 7.46. The van der Waals surface area contributed by atoms with Crippen molar-refractivity contribution in [1.82, 2.24) is 20.2 Å². The molecule has 0 amide bonds. The van der Waals surface area contributed by atoms with Crippen LogP contribution in [-0.4, -0.2) is 20.2 Å². The largest absolute Gasteiger partial charge is 0.384 e. The van der Waals surface area contributed by atoms with Gasteiger partial charge in [0.1, 0.15) is 5.82 Å². The van der Waals surface area contributed by atoms with Crippen molar-refractivity contribution in [3.05, 3.63) is 42.2 Å². The van der Waals surface area contributed by atoms with Crippen molar-refractivity contribution in [3.8, 4) is 11.3 Å². The van der Waals surface area contributed by atoms with Crippen LogP contribution < -0.4 is 5.73 Å². The van der Waals surface area contributed by atoms with Crippen LogP contribution in [0.1, 0.15) is 5.56 Å². The minimum atomic E-state index is 0.498. The van der Waals surface area contributed by atoms with Gasteiger partial charge in [0.2, 0.25) is 0 Å². The lowest BCUT2D eigenvalue weighted by Gasteiger charge is -2.04. The van der Waals surface area contributed by atoms with E-state index in [4.69, 9.17) is 5.73 Å². The molecule has 0 aliphatic carbocycles. The predicted molar refractivity (Wildman–Crippen MR) is 69.7 cm³/mol. The number of anilines is 1. The molecule has 88 valence electrons. The van der Waals surface area contributed by atoms with Crippen molar-refractivity contribution >= 4 is 16.9 Å². The number of hydrogen-bond acceptors (Lipinski definition) is 5. The Morgan fingerprint density at radius 2 is 2.11 bits per heavy atom. The fraction of sp³-hybridized carbons (Fsp3) is 0.0769. The number of nitrogens with zero attached hydrogens (tertiary/aromatic N) is 4. The van der Waals surface area contributed by atoms with E-state index in [2.05, 4.69) is 20.2 Å². The molecule has 5 nitrogen and oxygen atoms in total. The fourth-order valence-corrected chi connectivity index (χ4v) is 1.90. The minimum absolute atomic E-state index is 0.498. The second kappa shape index (κ2) is 4.03. The van der Waals surface area contributed by atoms with E-state index < -0.39 is 0 Å². The van der Waals surface area contributed by atoms with Gasteiger partial charge in [-0.2, -0.15) is 10.2 Å². The maximum Gasteiger partial charge on any atom is 0.124 e. The Bertz CT molecular complexity index is 709. The van der Waals surface area contributed by atoms with E-state index in [0.29, 0.717) is 5.82 Å². The molecular weight excluding hydrogens is 226 g/mol. The summed E-state index contributed by atoms with van der Waals surface area (Å²) in [5.74, 6) is 0.498. The maximum atomic E-state index is 5.75. The number of nitrogens with two attached hydrogens (primary N) is 1. The van der Waals surface area contributed by atoms with Gasteiger partial charge in [-0.05, 0) is 36.8 Å². The van der Waals surface area contributed by atoms with E-state index in [1.807, 2.05) is 31.2 Å². The zero-order valence-electron chi connectivity index (χ0n) is 9.83. The maximum absolute atomic E-state index is 5.75. The zero-order valence-corrected chi connectivity index (χ0v) is 9.83. The van der Waals surface area contributed by atoms with Crippen LogP contribution in [0.3, 0.4) is 0 Å². The van der Waals surface area contributed by atoms with Gasteiger partial charge in [-0.25, -0.2) is 4.98 Å². The first-order chi connectivity index (χ1) is 8.74. The van der Waals surface area contributed by atoms with Gasteiger partial charge in [-0.15, -0.1) is 0 Å². The molecule has 0 saturated carbocycles. The first kappa shape index (κ1) is 10.6. The monoisotopic (exact) mass is 237 g/mol. The van der Waals surface area contributed by atoms with Crippen LogP contribution in [-0.2, 0) is 0 Å². The highest BCUT2D eigenvalue weighted by Crippen LogP contribution is 2.22. The molecule has 0 fully saturated rings. The van der Waals surface area contributed by atoms with Gasteiger partial charge in [0.25, 0.3) is 0 Å². The Kier molecular flexibility index (Phi) is 2.37. The molecule has 3 rings (SSSR count). The SMILES string of the molecule is Cc1cc(N)nc2cc(-c3cccnn3)cnc12. The lowest BCUT2D eigenvalue weighted by molar-refractivity contribution is 1.04. The highest BCUT2D eigenvalue weighted by Gasteiger charge is 2.06. The van der Waals surface area contributed by atoms with Crippen molar-refractivity contribution in [3.63, 3.8) is 0 Å². The lowest BCUT2D eigenvalue weighted by atomic mass is 10.1. The van der Waals surface area contributed by atoms with E-state index in [1.54, 1.807) is 12.4 Å². The van der Waals surface area contributed by atoms with E-state index in [0.717, 1.165) is 27.9 Å². The van der Waals surface area contributed by atoms with Crippen LogP contribution in [0.2, 0.25) is 0 Å². The first-order valence-electron chi connectivity index (χ1n) is 5.55. The lowest BCUT2D eigenvalue weighted by Crippen LogP contribution is -1.95. The topological polar surface area (TPSA) is 77.6 Å². The number of hydrogen-bond donors (Lipinski definition) is 1. The summed E-state index contributed by atoms with van der Waals surface area (Å²) in [4.78, 5) is 8.70. The molecule has 3 aromatic heterocycles. The van der Waals surface area contributed by atoms with Crippen molar-refractivity contribution in [1.29, 1.82) is 0 Å². The highest BCUT2D eigenvalue weighted by atomic mass is 15.1. The molecule has 0 radical (unpaired) electrons. The van der Waals surface area contributed by atoms with Gasteiger partial charge in [0.05, 0.1) is 16.7 Å². The molecule has 2 N–H and O–H groups in total. The molecule has 0 spiro atoms. The molecule has 0 bridgehead atoms. The summed E-state index contributed by atoms with van der Waals surface area (Å²) in [6.07, 6.45) is 3.41. The van der Waals surface area contributed by atoms with Crippen LogP contribution in [0, 0.1) is 6.92 Å². The Hall–Kier alpha value is -2.56. The molecule has 0 saturated heterocycles. The minimum Gasteiger partial charge on any atom is -0.384 e. The normalized spacial score (nSPS) is 10.7. The molecule has 18 heavy (non-hydrogen) atoms. The summed E-state index contributed by atoms with van der Waals surface area (Å²) in [6.45, 7) is 1.97. The van der Waals surface area contributed by atoms with Gasteiger partial charge in [0.15, 0.2) is 0 Å². The van der Waals surface area contributed by atoms with E-state index in [9.17, 15) is 0 Å². The van der Waals surface area contributed by atoms with Crippen molar-refractivity contribution < 1.29 is 0 Å². The second-order valence-electron chi connectivity index (χ2n) is 4.06. The predicted octanol–water partition coefficient (Wildman–Crippen LogP) is 1.98. The van der Waals surface area contributed by atoms with Crippen molar-refractivity contribution in [2.24, 2.45) is 0 Å². The molecule has 0 aliphatic rings. The fourth-order valence-electron chi connectivity index (χ4n) is 1.90. The van der Waals surface area contributed by atoms with E-state index in [-0.39, 0.29) is 0 Å². The molecule has 0 atom stereocenters. The van der Waals surface area contributed by atoms with Gasteiger partial charge >= 0.3 is 0 Å². The molecule has 0 unspecified atom stereocenters. The summed E-state index contributed by atoms with van der Waals surface area (Å²) in [5.41, 5.74) is 10.0. The van der Waals surface area contributed by atoms with Crippen LogP contribution in [0.4, 0.5) is 5.82 Å². The highest BCUT2D eigenvalue weighted by molar-refractivity contribution is 5.83. The van der Waals surface area contributed by atoms with Gasteiger partial charge in [-0.1, -0.05) is 0 Å². The molecule has 0 aromatic carbocycles. The summed E-state index contributed by atoms with van der Waals surface area (Å²) in [7, 11) is 0. The third-order valence-electron chi connectivity index (χ3n) is 2.72. The quantitative estimate of drug-likeness (QED) is 0.700. The summed E-state index contributed by atoms with van der Waals surface area (Å²) in [5, 5.41) is 7.90. The number of pyridine rings is 2. The Morgan fingerprint density at radius 3 is 2.89 bits per heavy atom. The number of aromatic nitrogens is 4. The Labute approximate surface area is 104 Å². The number of nitrogen functional groups attached to an aromatic ring is 1. The molecule has 0 aliphatic heterocycles. The molecular formula is C13H11N5. The van der Waals surface area contributed by atoms with Gasteiger partial charge in [0, 0.05) is 18.0 Å². The summed E-state index contributed by atoms with van der Waals surface area (Å²) < 4.78 is 0. The Balaban J connectivity index is 2.23. The molecule has 3 heterocycles. The smallest absolute Gasteiger partial charge is 0.124 e. The van der Waals surface area contributed by atoms with E-state index >= 15 is 0 Å². The van der Waals surface area contributed by atoms with Crippen LogP contribution in [0.5, 0.6) is 0 Å². The Morgan fingerprint density at radius 1 is 1.22 bits per heavy atom. The molecule has 5 heteroatoms. The zero-order chi connectivity index (χ0) is 12.5. The average molecular weight is 237 g/mol. The van der Waals surface area contributed by atoms with E-state index in [1.165, 1.54) is 0 Å². The number of rotatable bonds is 1. The van der Waals surface area contributed by atoms with Crippen molar-refractivity contribution in [2.75, 3.05) is 5.73 Å². The van der Waals surface area contributed by atoms with Crippen LogP contribution in [0.25, 0.3) is 22.3 Å². The van der Waals surface area contributed by atoms with Crippen LogP contribution in [0.15, 0.2) is 36.7 Å². The van der Waals surface area contributed by atoms with Crippen molar-refractivity contribution in [2.45, 2.75) is 6.92 Å². The standard InChI is InChI=1S/C13H11N5/c1-8-5-12(14)17-11-6-9(7-15-13(8)11)10-3-2-4-16-18-10/h2-7H,1H3,(H2,14,17). The second-order valence-corrected chi connectivity index (χ2v) is 4.06. The summed E-state index contributed by atoms with van der Waals surface area (Å²) >= 11 is 0. The third kappa shape index (κ3) is 1.75. The van der Waals surface area contributed by atoms with Gasteiger partial charge < -0.3 is 5.73 Å².